The highest BCUT2D eigenvalue weighted by molar-refractivity contribution is 4.78. The predicted octanol–water partition coefficient (Wildman–Crippen LogP) is 1.09. The summed E-state index contributed by atoms with van der Waals surface area (Å²) in [5.74, 6) is 0. The molecule has 0 amide bonds. The second kappa shape index (κ2) is 6.65. The van der Waals surface area contributed by atoms with Crippen molar-refractivity contribution in [2.24, 2.45) is 0 Å². The molecule has 6 heteroatoms. The number of rotatable bonds is 5. The van der Waals surface area contributed by atoms with Gasteiger partial charge in [-0.05, 0) is 33.6 Å². The first-order chi connectivity index (χ1) is 9.44. The Labute approximate surface area is 120 Å². The molecule has 0 aliphatic carbocycles. The Morgan fingerprint density at radius 1 is 1.35 bits per heavy atom. The van der Waals surface area contributed by atoms with E-state index in [1.807, 2.05) is 25.5 Å². The maximum absolute atomic E-state index is 10.0. The van der Waals surface area contributed by atoms with Gasteiger partial charge in [-0.3, -0.25) is 0 Å². The lowest BCUT2D eigenvalue weighted by Gasteiger charge is -2.33. The Kier molecular flexibility index (Phi) is 5.12. The largest absolute Gasteiger partial charge is 0.389 e. The van der Waals surface area contributed by atoms with Crippen LogP contribution in [0.5, 0.6) is 0 Å². The van der Waals surface area contributed by atoms with Crippen molar-refractivity contribution in [2.45, 2.75) is 51.4 Å². The Morgan fingerprint density at radius 3 is 2.60 bits per heavy atom. The molecule has 1 aliphatic rings. The highest BCUT2D eigenvalue weighted by Crippen LogP contribution is 2.21. The third-order valence-corrected chi connectivity index (χ3v) is 3.55. The zero-order chi connectivity index (χ0) is 14.6. The monoisotopic (exact) mass is 282 g/mol. The van der Waals surface area contributed by atoms with Crippen molar-refractivity contribution in [2.75, 3.05) is 26.2 Å². The number of hydrogen-bond donors (Lipinski definition) is 1. The first-order valence-corrected chi connectivity index (χ1v) is 7.32. The lowest BCUT2D eigenvalue weighted by Crippen LogP contribution is -2.41. The van der Waals surface area contributed by atoms with E-state index in [0.29, 0.717) is 19.2 Å². The van der Waals surface area contributed by atoms with Gasteiger partial charge in [0.2, 0.25) is 0 Å². The summed E-state index contributed by atoms with van der Waals surface area (Å²) in [6.07, 6.45) is 5.05. The van der Waals surface area contributed by atoms with E-state index in [0.717, 1.165) is 25.9 Å². The van der Waals surface area contributed by atoms with Crippen LogP contribution < -0.4 is 0 Å². The summed E-state index contributed by atoms with van der Waals surface area (Å²) in [7, 11) is 0. The number of nitrogens with zero attached hydrogens (tertiary/aromatic N) is 4. The first-order valence-electron chi connectivity index (χ1n) is 7.32. The molecule has 1 aliphatic heterocycles. The molecule has 6 nitrogen and oxygen atoms in total. The molecule has 2 rings (SSSR count). The number of hydrogen-bond acceptors (Lipinski definition) is 5. The van der Waals surface area contributed by atoms with Gasteiger partial charge < -0.3 is 14.7 Å². The van der Waals surface area contributed by atoms with Gasteiger partial charge in [0.05, 0.1) is 24.4 Å². The molecule has 1 N–H and O–H groups in total. The van der Waals surface area contributed by atoms with Crippen LogP contribution in [0, 0.1) is 0 Å². The molecular weight excluding hydrogens is 256 g/mol. The van der Waals surface area contributed by atoms with Crippen molar-refractivity contribution in [3.63, 3.8) is 0 Å². The van der Waals surface area contributed by atoms with Crippen molar-refractivity contribution in [1.82, 2.24) is 19.7 Å². The standard InChI is InChI=1S/C14H26N4O2/c1-14(2,3)20-9-13(19)8-17-6-4-12(5-7-17)18-11-15-10-16-18/h10-13,19H,4-9H2,1-3H3. The van der Waals surface area contributed by atoms with Crippen LogP contribution in [-0.2, 0) is 4.74 Å². The van der Waals surface area contributed by atoms with Gasteiger partial charge in [-0.2, -0.15) is 5.10 Å². The highest BCUT2D eigenvalue weighted by atomic mass is 16.5. The molecule has 1 aromatic heterocycles. The van der Waals surface area contributed by atoms with Crippen LogP contribution in [-0.4, -0.2) is 62.7 Å². The summed E-state index contributed by atoms with van der Waals surface area (Å²) >= 11 is 0. The van der Waals surface area contributed by atoms with Gasteiger partial charge >= 0.3 is 0 Å². The maximum atomic E-state index is 10.0. The summed E-state index contributed by atoms with van der Waals surface area (Å²) in [5.41, 5.74) is -0.193. The van der Waals surface area contributed by atoms with Crippen LogP contribution >= 0.6 is 0 Å². The molecule has 0 aromatic carbocycles. The number of piperidine rings is 1. The molecule has 0 saturated carbocycles. The summed E-state index contributed by atoms with van der Waals surface area (Å²) in [5, 5.41) is 14.2. The normalized spacial score (nSPS) is 20.2. The van der Waals surface area contributed by atoms with Crippen molar-refractivity contribution in [3.8, 4) is 0 Å². The molecule has 1 atom stereocenters. The van der Waals surface area contributed by atoms with E-state index in [9.17, 15) is 5.11 Å². The highest BCUT2D eigenvalue weighted by Gasteiger charge is 2.23. The van der Waals surface area contributed by atoms with E-state index in [1.165, 1.54) is 0 Å². The van der Waals surface area contributed by atoms with E-state index in [-0.39, 0.29) is 5.60 Å². The minimum Gasteiger partial charge on any atom is -0.389 e. The van der Waals surface area contributed by atoms with Crippen molar-refractivity contribution >= 4 is 0 Å². The third kappa shape index (κ3) is 4.85. The van der Waals surface area contributed by atoms with Crippen LogP contribution in [0.1, 0.15) is 39.7 Å². The molecule has 1 fully saturated rings. The number of ether oxygens (including phenoxy) is 1. The quantitative estimate of drug-likeness (QED) is 0.876. The van der Waals surface area contributed by atoms with Crippen molar-refractivity contribution in [1.29, 1.82) is 0 Å². The summed E-state index contributed by atoms with van der Waals surface area (Å²) in [6, 6.07) is 0.441. The molecule has 0 spiro atoms. The second-order valence-corrected chi connectivity index (χ2v) is 6.48. The zero-order valence-corrected chi connectivity index (χ0v) is 12.7. The lowest BCUT2D eigenvalue weighted by molar-refractivity contribution is -0.0577. The summed E-state index contributed by atoms with van der Waals surface area (Å²) < 4.78 is 7.55. The summed E-state index contributed by atoms with van der Waals surface area (Å²) in [4.78, 5) is 6.29. The Balaban J connectivity index is 1.69. The topological polar surface area (TPSA) is 63.4 Å². The smallest absolute Gasteiger partial charge is 0.137 e. The number of aliphatic hydroxyl groups excluding tert-OH is 1. The van der Waals surface area contributed by atoms with E-state index < -0.39 is 6.10 Å². The average molecular weight is 282 g/mol. The third-order valence-electron chi connectivity index (χ3n) is 3.55. The number of β-amino-alcohol motifs (C(OH)–C–C–N with tert-alkyl or cyclic N) is 1. The number of aliphatic hydroxyl groups is 1. The van der Waals surface area contributed by atoms with Gasteiger partial charge in [0.1, 0.15) is 12.7 Å². The lowest BCUT2D eigenvalue weighted by atomic mass is 10.1. The maximum Gasteiger partial charge on any atom is 0.137 e. The van der Waals surface area contributed by atoms with E-state index in [1.54, 1.807) is 12.7 Å². The second-order valence-electron chi connectivity index (χ2n) is 6.48. The molecule has 0 radical (unpaired) electrons. The fourth-order valence-corrected chi connectivity index (χ4v) is 2.47. The van der Waals surface area contributed by atoms with E-state index >= 15 is 0 Å². The molecular formula is C14H26N4O2. The molecule has 114 valence electrons. The van der Waals surface area contributed by atoms with Gasteiger partial charge in [-0.1, -0.05) is 0 Å². The number of aromatic nitrogens is 3. The van der Waals surface area contributed by atoms with Gasteiger partial charge in [0.15, 0.2) is 0 Å². The molecule has 20 heavy (non-hydrogen) atoms. The molecule has 1 aromatic rings. The fraction of sp³-hybridized carbons (Fsp3) is 0.857. The van der Waals surface area contributed by atoms with Gasteiger partial charge in [0.25, 0.3) is 0 Å². The van der Waals surface area contributed by atoms with Crippen LogP contribution in [0.25, 0.3) is 0 Å². The Bertz CT molecular complexity index is 380. The van der Waals surface area contributed by atoms with Crippen LogP contribution in [0.4, 0.5) is 0 Å². The van der Waals surface area contributed by atoms with Crippen LogP contribution in [0.15, 0.2) is 12.7 Å². The predicted molar refractivity (Wildman–Crippen MR) is 76.4 cm³/mol. The van der Waals surface area contributed by atoms with Gasteiger partial charge in [-0.25, -0.2) is 9.67 Å². The zero-order valence-electron chi connectivity index (χ0n) is 12.7. The minimum atomic E-state index is -0.419. The fourth-order valence-electron chi connectivity index (χ4n) is 2.47. The summed E-state index contributed by atoms with van der Waals surface area (Å²) in [6.45, 7) is 9.05. The van der Waals surface area contributed by atoms with Crippen LogP contribution in [0.3, 0.4) is 0 Å². The Hall–Kier alpha value is -0.980. The van der Waals surface area contributed by atoms with Crippen LogP contribution in [0.2, 0.25) is 0 Å². The minimum absolute atomic E-state index is 0.193. The number of likely N-dealkylation sites (tertiary alicyclic amines) is 1. The molecule has 0 bridgehead atoms. The van der Waals surface area contributed by atoms with Gasteiger partial charge in [0, 0.05) is 19.6 Å². The van der Waals surface area contributed by atoms with Crippen molar-refractivity contribution in [3.05, 3.63) is 12.7 Å². The van der Waals surface area contributed by atoms with Gasteiger partial charge in [-0.15, -0.1) is 0 Å². The molecule has 1 unspecified atom stereocenters. The van der Waals surface area contributed by atoms with E-state index in [2.05, 4.69) is 15.0 Å². The first kappa shape index (κ1) is 15.4. The van der Waals surface area contributed by atoms with E-state index in [4.69, 9.17) is 4.74 Å². The Morgan fingerprint density at radius 2 is 2.05 bits per heavy atom. The molecule has 1 saturated heterocycles. The molecule has 2 heterocycles. The average Bonchev–Trinajstić information content (AvgIpc) is 2.90. The SMILES string of the molecule is CC(C)(C)OCC(O)CN1CCC(n2cncn2)CC1. The van der Waals surface area contributed by atoms with Crippen molar-refractivity contribution < 1.29 is 9.84 Å².